The largest absolute Gasteiger partial charge is 0.390 e. The summed E-state index contributed by atoms with van der Waals surface area (Å²) in [5, 5.41) is 30.2. The maximum atomic E-state index is 12.5. The van der Waals surface area contributed by atoms with Crippen LogP contribution < -0.4 is 21.3 Å². The molecule has 0 spiro atoms. The van der Waals surface area contributed by atoms with Crippen molar-refractivity contribution in [2.24, 2.45) is 5.92 Å². The maximum Gasteiger partial charge on any atom is 0.279 e. The summed E-state index contributed by atoms with van der Waals surface area (Å²) in [6.07, 6.45) is 0.385. The molecule has 1 fully saturated rings. The third-order valence-electron chi connectivity index (χ3n) is 5.14. The van der Waals surface area contributed by atoms with Gasteiger partial charge >= 0.3 is 0 Å². The monoisotopic (exact) mass is 383 g/mol. The zero-order valence-electron chi connectivity index (χ0n) is 16.1. The van der Waals surface area contributed by atoms with Crippen LogP contribution in [0.4, 0.5) is 0 Å². The van der Waals surface area contributed by atoms with Crippen LogP contribution in [0.15, 0.2) is 11.6 Å². The number of hydrogen-bond acceptors (Lipinski definition) is 5. The van der Waals surface area contributed by atoms with E-state index in [1.807, 2.05) is 13.8 Å². The van der Waals surface area contributed by atoms with Crippen molar-refractivity contribution >= 4 is 17.7 Å². The van der Waals surface area contributed by atoms with Gasteiger partial charge < -0.3 is 31.5 Å². The van der Waals surface area contributed by atoms with Crippen molar-refractivity contribution in [2.45, 2.75) is 63.4 Å². The molecule has 0 saturated carbocycles. The van der Waals surface area contributed by atoms with Crippen LogP contribution in [0.2, 0.25) is 0 Å². The van der Waals surface area contributed by atoms with Gasteiger partial charge in [0.05, 0.1) is 19.2 Å². The molecule has 152 valence electrons. The highest BCUT2D eigenvalue weighted by Crippen LogP contribution is 2.20. The lowest BCUT2D eigenvalue weighted by atomic mass is 9.89. The Morgan fingerprint density at radius 1 is 1.30 bits per heavy atom. The Morgan fingerprint density at radius 2 is 2.00 bits per heavy atom. The van der Waals surface area contributed by atoms with Crippen LogP contribution >= 0.6 is 0 Å². The van der Waals surface area contributed by atoms with E-state index in [1.165, 1.54) is 6.08 Å². The second-order valence-corrected chi connectivity index (χ2v) is 7.55. The van der Waals surface area contributed by atoms with Crippen LogP contribution in [0.1, 0.15) is 33.1 Å². The van der Waals surface area contributed by atoms with Gasteiger partial charge in [-0.3, -0.25) is 14.4 Å². The number of carbonyl (C=O) groups is 3. The van der Waals surface area contributed by atoms with E-state index in [2.05, 4.69) is 16.0 Å². The molecule has 9 nitrogen and oxygen atoms in total. The number of quaternary nitrogens is 1. The van der Waals surface area contributed by atoms with Gasteiger partial charge in [0.1, 0.15) is 12.1 Å². The number of carbonyl (C=O) groups excluding carboxylic acids is 3. The van der Waals surface area contributed by atoms with E-state index in [-0.39, 0.29) is 35.8 Å². The molecule has 9 heteroatoms. The summed E-state index contributed by atoms with van der Waals surface area (Å²) in [6, 6.07) is -1.82. The molecule has 2 rings (SSSR count). The van der Waals surface area contributed by atoms with Crippen molar-refractivity contribution in [3.05, 3.63) is 11.6 Å². The summed E-state index contributed by atoms with van der Waals surface area (Å²) in [5.74, 6) is -0.884. The molecule has 1 heterocycles. The van der Waals surface area contributed by atoms with Crippen LogP contribution in [0, 0.1) is 5.92 Å². The summed E-state index contributed by atoms with van der Waals surface area (Å²) < 4.78 is 0. The molecule has 1 aliphatic carbocycles. The Bertz CT molecular complexity index is 607. The van der Waals surface area contributed by atoms with Crippen LogP contribution in [0.3, 0.4) is 0 Å². The van der Waals surface area contributed by atoms with E-state index in [4.69, 9.17) is 0 Å². The first-order chi connectivity index (χ1) is 12.7. The minimum Gasteiger partial charge on any atom is -0.390 e. The molecule has 2 aliphatic rings. The highest BCUT2D eigenvalue weighted by atomic mass is 16.3. The smallest absolute Gasteiger partial charge is 0.279 e. The number of piperidine rings is 1. The molecule has 27 heavy (non-hydrogen) atoms. The number of nitrogens with one attached hydrogen (secondary N) is 3. The molecule has 3 amide bonds. The van der Waals surface area contributed by atoms with Crippen molar-refractivity contribution < 1.29 is 29.9 Å². The summed E-state index contributed by atoms with van der Waals surface area (Å²) in [4.78, 5) is 36.8. The summed E-state index contributed by atoms with van der Waals surface area (Å²) in [5.41, 5.74) is 0.248. The first kappa shape index (κ1) is 21.3. The number of hydrogen-bond donors (Lipinski definition) is 6. The summed E-state index contributed by atoms with van der Waals surface area (Å²) in [7, 11) is 1.79. The van der Waals surface area contributed by atoms with E-state index in [0.29, 0.717) is 13.0 Å². The van der Waals surface area contributed by atoms with Gasteiger partial charge in [-0.15, -0.1) is 0 Å². The highest BCUT2D eigenvalue weighted by molar-refractivity contribution is 5.97. The number of likely N-dealkylation sites (N-methyl/N-ethyl adjacent to an activating group) is 1. The Hall–Kier alpha value is -1.97. The number of aliphatic hydroxyl groups is 2. The molecule has 0 unspecified atom stereocenters. The van der Waals surface area contributed by atoms with Gasteiger partial charge in [0.2, 0.25) is 11.8 Å². The normalized spacial score (nSPS) is 29.6. The molecule has 7 N–H and O–H groups in total. The topological polar surface area (TPSA) is 144 Å². The molecule has 0 aromatic carbocycles. The van der Waals surface area contributed by atoms with E-state index in [1.54, 1.807) is 12.4 Å². The number of rotatable bonds is 6. The average Bonchev–Trinajstić information content (AvgIpc) is 2.60. The number of amides is 3. The predicted octanol–water partition coefficient (Wildman–Crippen LogP) is -2.86. The van der Waals surface area contributed by atoms with Gasteiger partial charge in [-0.2, -0.15) is 0 Å². The Kier molecular flexibility index (Phi) is 7.34. The van der Waals surface area contributed by atoms with Gasteiger partial charge in [-0.25, -0.2) is 0 Å². The van der Waals surface area contributed by atoms with Gasteiger partial charge in [-0.05, 0) is 12.8 Å². The standard InChI is InChI=1S/C18H30N4O5/c1-9(2)14(19-3)18(27)22-12-7-10(8-13(23)15(12)24)16(25)21-11-5-4-6-20-17(11)26/h7,9,11-15,19,23-24H,4-6,8H2,1-3H3,(H,20,26)(H,21,25)(H,22,27)/p+1/t11-,12+,13+,14-,15+/m0/s1. The molecule has 5 atom stereocenters. The first-order valence-electron chi connectivity index (χ1n) is 9.49. The quantitative estimate of drug-likeness (QED) is 0.292. The fraction of sp³-hybridized carbons (Fsp3) is 0.722. The molecular formula is C18H31N4O5+. The fourth-order valence-electron chi connectivity index (χ4n) is 3.52. The number of aliphatic hydroxyl groups excluding tert-OH is 2. The average molecular weight is 383 g/mol. The van der Waals surface area contributed by atoms with Crippen LogP contribution in [-0.2, 0) is 14.4 Å². The lowest BCUT2D eigenvalue weighted by molar-refractivity contribution is -0.656. The number of nitrogens with two attached hydrogens (primary N) is 1. The SMILES string of the molecule is C[NH2+][C@H](C(=O)N[C@@H]1C=C(C(=O)N[C@H]2CCCNC2=O)C[C@@H](O)[C@@H]1O)C(C)C. The minimum absolute atomic E-state index is 0.0405. The molecule has 1 aliphatic heterocycles. The lowest BCUT2D eigenvalue weighted by Gasteiger charge is -2.32. The fourth-order valence-corrected chi connectivity index (χ4v) is 3.52. The minimum atomic E-state index is -1.20. The van der Waals surface area contributed by atoms with Crippen LogP contribution in [0.25, 0.3) is 0 Å². The van der Waals surface area contributed by atoms with Gasteiger partial charge in [0.25, 0.3) is 5.91 Å². The lowest BCUT2D eigenvalue weighted by Crippen LogP contribution is -2.90. The second-order valence-electron chi connectivity index (χ2n) is 7.55. The summed E-state index contributed by atoms with van der Waals surface area (Å²) in [6.45, 7) is 4.43. The van der Waals surface area contributed by atoms with Gasteiger partial charge in [-0.1, -0.05) is 19.9 Å². The zero-order chi connectivity index (χ0) is 20.1. The van der Waals surface area contributed by atoms with E-state index in [0.717, 1.165) is 6.42 Å². The van der Waals surface area contributed by atoms with Crippen molar-refractivity contribution in [1.82, 2.24) is 16.0 Å². The van der Waals surface area contributed by atoms with Crippen molar-refractivity contribution in [1.29, 1.82) is 0 Å². The molecular weight excluding hydrogens is 352 g/mol. The highest BCUT2D eigenvalue weighted by Gasteiger charge is 2.36. The molecule has 1 saturated heterocycles. The Labute approximate surface area is 159 Å². The maximum absolute atomic E-state index is 12.5. The van der Waals surface area contributed by atoms with Crippen molar-refractivity contribution in [3.8, 4) is 0 Å². The molecule has 0 aromatic rings. The van der Waals surface area contributed by atoms with Gasteiger partial charge in [0.15, 0.2) is 6.04 Å². The molecule has 0 radical (unpaired) electrons. The first-order valence-corrected chi connectivity index (χ1v) is 9.49. The van der Waals surface area contributed by atoms with Gasteiger partial charge in [0, 0.05) is 24.5 Å². The third kappa shape index (κ3) is 5.27. The van der Waals surface area contributed by atoms with E-state index in [9.17, 15) is 24.6 Å². The third-order valence-corrected chi connectivity index (χ3v) is 5.14. The van der Waals surface area contributed by atoms with Crippen molar-refractivity contribution in [3.63, 3.8) is 0 Å². The van der Waals surface area contributed by atoms with E-state index >= 15 is 0 Å². The predicted molar refractivity (Wildman–Crippen MR) is 97.3 cm³/mol. The van der Waals surface area contributed by atoms with Crippen molar-refractivity contribution in [2.75, 3.05) is 13.6 Å². The van der Waals surface area contributed by atoms with E-state index < -0.39 is 30.2 Å². The second kappa shape index (κ2) is 9.29. The Morgan fingerprint density at radius 3 is 2.59 bits per heavy atom. The Balaban J connectivity index is 2.09. The summed E-state index contributed by atoms with van der Waals surface area (Å²) >= 11 is 0. The van der Waals surface area contributed by atoms with Crippen LogP contribution in [-0.4, -0.2) is 71.9 Å². The van der Waals surface area contributed by atoms with Crippen LogP contribution in [0.5, 0.6) is 0 Å². The molecule has 0 aromatic heterocycles. The molecule has 0 bridgehead atoms. The zero-order valence-corrected chi connectivity index (χ0v) is 16.1.